The van der Waals surface area contributed by atoms with Crippen molar-refractivity contribution in [2.75, 3.05) is 0 Å². The van der Waals surface area contributed by atoms with Gasteiger partial charge in [-0.25, -0.2) is 4.98 Å². The van der Waals surface area contributed by atoms with Crippen molar-refractivity contribution in [3.8, 4) is 0 Å². The highest BCUT2D eigenvalue weighted by Crippen LogP contribution is 2.47. The maximum absolute atomic E-state index is 13.8. The number of aliphatic carboxylic acids is 1. The minimum Gasteiger partial charge on any atom is -0.481 e. The lowest BCUT2D eigenvalue weighted by Crippen LogP contribution is -2.58. The van der Waals surface area contributed by atoms with Crippen LogP contribution in [0.3, 0.4) is 0 Å². The molecule has 36 heavy (non-hydrogen) atoms. The molecule has 192 valence electrons. The molecule has 4 fully saturated rings. The molecule has 3 heterocycles. The molecule has 2 saturated carbocycles. The summed E-state index contributed by atoms with van der Waals surface area (Å²) in [4.78, 5) is 32.3. The number of aromatic nitrogens is 2. The lowest BCUT2D eigenvalue weighted by molar-refractivity contribution is -0.136. The average molecular weight is 491 g/mol. The fraction of sp³-hybridized carbons (Fsp3) is 0.655. The van der Waals surface area contributed by atoms with Crippen molar-refractivity contribution in [2.45, 2.75) is 108 Å². The van der Waals surface area contributed by atoms with Crippen LogP contribution in [0.4, 0.5) is 0 Å². The van der Waals surface area contributed by atoms with Crippen LogP contribution in [0.15, 0.2) is 29.1 Å². The Bertz CT molecular complexity index is 1200. The molecule has 4 bridgehead atoms. The quantitative estimate of drug-likeness (QED) is 0.545. The fourth-order valence-electron chi connectivity index (χ4n) is 8.20. The topological polar surface area (TPSA) is 99.3 Å². The maximum Gasteiger partial charge on any atom is 0.303 e. The number of rotatable bonds is 6. The van der Waals surface area contributed by atoms with E-state index in [1.54, 1.807) is 0 Å². The van der Waals surface area contributed by atoms with Gasteiger partial charge in [0.05, 0.1) is 23.2 Å². The van der Waals surface area contributed by atoms with Crippen molar-refractivity contribution in [1.29, 1.82) is 5.41 Å². The average Bonchev–Trinajstić information content (AvgIpc) is 2.86. The SMILES string of the molecule is N=C(CCC(=O)O)c1nc2ccccc2n([C@H]2C[C@H]3CCC[C@@H](C2)N3C2CC3CCCC(C3)C2)c1=O. The molecule has 7 nitrogen and oxygen atoms in total. The van der Waals surface area contributed by atoms with Crippen LogP contribution in [0.25, 0.3) is 11.0 Å². The van der Waals surface area contributed by atoms with E-state index in [4.69, 9.17) is 10.5 Å². The molecule has 7 heteroatoms. The molecule has 2 saturated heterocycles. The van der Waals surface area contributed by atoms with Crippen molar-refractivity contribution < 1.29 is 9.90 Å². The van der Waals surface area contributed by atoms with E-state index >= 15 is 0 Å². The van der Waals surface area contributed by atoms with Gasteiger partial charge < -0.3 is 15.1 Å². The van der Waals surface area contributed by atoms with Gasteiger partial charge in [-0.05, 0) is 68.9 Å². The van der Waals surface area contributed by atoms with E-state index < -0.39 is 5.97 Å². The van der Waals surface area contributed by atoms with E-state index in [1.165, 1.54) is 57.8 Å². The van der Waals surface area contributed by atoms with Crippen LogP contribution in [0, 0.1) is 17.2 Å². The molecule has 2 N–H and O–H groups in total. The number of nitrogens with one attached hydrogen (secondary N) is 1. The van der Waals surface area contributed by atoms with Gasteiger partial charge in [0, 0.05) is 30.6 Å². The summed E-state index contributed by atoms with van der Waals surface area (Å²) in [5.41, 5.74) is 1.45. The minimum atomic E-state index is -0.965. The molecule has 0 amide bonds. The van der Waals surface area contributed by atoms with E-state index in [0.717, 1.165) is 30.2 Å². The van der Waals surface area contributed by atoms with Crippen molar-refractivity contribution in [3.05, 3.63) is 40.3 Å². The Morgan fingerprint density at radius 2 is 1.56 bits per heavy atom. The molecule has 6 rings (SSSR count). The molecular weight excluding hydrogens is 452 g/mol. The molecule has 5 atom stereocenters. The van der Waals surface area contributed by atoms with Gasteiger partial charge >= 0.3 is 5.97 Å². The van der Waals surface area contributed by atoms with Gasteiger partial charge in [-0.15, -0.1) is 0 Å². The van der Waals surface area contributed by atoms with E-state index in [1.807, 2.05) is 28.8 Å². The lowest BCUT2D eigenvalue weighted by atomic mass is 9.68. The molecule has 2 aliphatic heterocycles. The summed E-state index contributed by atoms with van der Waals surface area (Å²) in [5.74, 6) is 0.854. The summed E-state index contributed by atoms with van der Waals surface area (Å²) < 4.78 is 1.92. The van der Waals surface area contributed by atoms with Crippen LogP contribution in [0.5, 0.6) is 0 Å². The summed E-state index contributed by atoms with van der Waals surface area (Å²) in [5, 5.41) is 17.5. The largest absolute Gasteiger partial charge is 0.481 e. The Balaban J connectivity index is 1.32. The number of para-hydroxylation sites is 2. The Labute approximate surface area is 212 Å². The molecular formula is C29H38N4O3. The summed E-state index contributed by atoms with van der Waals surface area (Å²) in [7, 11) is 0. The zero-order valence-electron chi connectivity index (χ0n) is 21.1. The standard InChI is InChI=1S/C29H38N4O3/c30-24(11-12-27(34)35)28-29(36)33(26-10-2-1-9-25(26)31-28)23-16-20-7-4-8-21(17-23)32(20)22-14-18-5-3-6-19(13-18)15-22/h1-2,9-10,18-23,30H,3-8,11-17H2,(H,34,35)/t18?,19?,20-,21+,22?,23+. The Morgan fingerprint density at radius 3 is 2.25 bits per heavy atom. The molecule has 1 aromatic heterocycles. The monoisotopic (exact) mass is 490 g/mol. The van der Waals surface area contributed by atoms with E-state index in [2.05, 4.69) is 9.88 Å². The number of hydrogen-bond donors (Lipinski definition) is 2. The zero-order chi connectivity index (χ0) is 24.8. The predicted octanol–water partition coefficient (Wildman–Crippen LogP) is 5.16. The number of carboxylic acid groups (broad SMARTS) is 1. The Morgan fingerprint density at radius 1 is 0.889 bits per heavy atom. The van der Waals surface area contributed by atoms with E-state index in [9.17, 15) is 9.59 Å². The third-order valence-corrected chi connectivity index (χ3v) is 9.56. The number of piperidine rings is 2. The molecule has 2 aromatic rings. The van der Waals surface area contributed by atoms with Gasteiger partial charge in [0.25, 0.3) is 5.56 Å². The first-order chi connectivity index (χ1) is 17.5. The van der Waals surface area contributed by atoms with Crippen LogP contribution in [-0.2, 0) is 4.79 Å². The second-order valence-electron chi connectivity index (χ2n) is 11.8. The van der Waals surface area contributed by atoms with Gasteiger partial charge in [-0.3, -0.25) is 14.5 Å². The molecule has 1 aromatic carbocycles. The summed E-state index contributed by atoms with van der Waals surface area (Å²) >= 11 is 0. The summed E-state index contributed by atoms with van der Waals surface area (Å²) in [6.45, 7) is 0. The molecule has 0 spiro atoms. The van der Waals surface area contributed by atoms with Gasteiger partial charge in [-0.1, -0.05) is 37.8 Å². The normalized spacial score (nSPS) is 32.3. The molecule has 0 radical (unpaired) electrons. The van der Waals surface area contributed by atoms with Crippen LogP contribution >= 0.6 is 0 Å². The van der Waals surface area contributed by atoms with Crippen LogP contribution < -0.4 is 5.56 Å². The second kappa shape index (κ2) is 9.73. The van der Waals surface area contributed by atoms with Crippen molar-refractivity contribution in [3.63, 3.8) is 0 Å². The number of nitrogens with zero attached hydrogens (tertiary/aromatic N) is 3. The zero-order valence-corrected chi connectivity index (χ0v) is 21.1. The van der Waals surface area contributed by atoms with E-state index in [-0.39, 0.29) is 35.8 Å². The van der Waals surface area contributed by atoms with Crippen LogP contribution in [-0.4, -0.2) is 49.4 Å². The highest BCUT2D eigenvalue weighted by molar-refractivity contribution is 5.98. The lowest BCUT2D eigenvalue weighted by Gasteiger charge is -2.55. The summed E-state index contributed by atoms with van der Waals surface area (Å²) in [6, 6.07) is 9.55. The van der Waals surface area contributed by atoms with E-state index in [0.29, 0.717) is 23.6 Å². The van der Waals surface area contributed by atoms with Gasteiger partial charge in [0.1, 0.15) is 5.69 Å². The summed E-state index contributed by atoms with van der Waals surface area (Å²) in [6.07, 6.45) is 13.9. The van der Waals surface area contributed by atoms with Crippen molar-refractivity contribution >= 4 is 22.7 Å². The van der Waals surface area contributed by atoms with Gasteiger partial charge in [-0.2, -0.15) is 0 Å². The predicted molar refractivity (Wildman–Crippen MR) is 140 cm³/mol. The maximum atomic E-state index is 13.8. The number of hydrogen-bond acceptors (Lipinski definition) is 5. The Kier molecular flexibility index (Phi) is 6.44. The van der Waals surface area contributed by atoms with Crippen molar-refractivity contribution in [1.82, 2.24) is 14.5 Å². The van der Waals surface area contributed by atoms with Gasteiger partial charge in [0.15, 0.2) is 0 Å². The van der Waals surface area contributed by atoms with Crippen LogP contribution in [0.1, 0.15) is 95.2 Å². The highest BCUT2D eigenvalue weighted by Gasteiger charge is 2.45. The number of carbonyl (C=O) groups is 1. The third kappa shape index (κ3) is 4.40. The van der Waals surface area contributed by atoms with Crippen LogP contribution in [0.2, 0.25) is 0 Å². The molecule has 2 aliphatic carbocycles. The number of benzene rings is 1. The second-order valence-corrected chi connectivity index (χ2v) is 11.8. The van der Waals surface area contributed by atoms with Gasteiger partial charge in [0.2, 0.25) is 0 Å². The fourth-order valence-corrected chi connectivity index (χ4v) is 8.20. The highest BCUT2D eigenvalue weighted by atomic mass is 16.4. The third-order valence-electron chi connectivity index (χ3n) is 9.56. The smallest absolute Gasteiger partial charge is 0.303 e. The minimum absolute atomic E-state index is 0.0175. The molecule has 2 unspecified atom stereocenters. The first-order valence-corrected chi connectivity index (χ1v) is 14.1. The number of fused-ring (bicyclic) bond motifs is 5. The number of carboxylic acids is 1. The van der Waals surface area contributed by atoms with Crippen molar-refractivity contribution in [2.24, 2.45) is 11.8 Å². The first kappa shape index (κ1) is 23.8. The first-order valence-electron chi connectivity index (χ1n) is 14.1. The molecule has 4 aliphatic rings. The Hall–Kier alpha value is -2.54.